The van der Waals surface area contributed by atoms with Crippen molar-refractivity contribution in [3.8, 4) is 0 Å². The Hall–Kier alpha value is -2.92. The topological polar surface area (TPSA) is 56.4 Å². The van der Waals surface area contributed by atoms with Gasteiger partial charge in [0.1, 0.15) is 0 Å². The molecule has 1 fully saturated rings. The summed E-state index contributed by atoms with van der Waals surface area (Å²) >= 11 is 0. The molecule has 1 aliphatic heterocycles. The van der Waals surface area contributed by atoms with E-state index in [-0.39, 0.29) is 17.6 Å². The number of carbonyl (C=O) groups is 2. The second kappa shape index (κ2) is 7.84. The molecule has 2 heterocycles. The molecule has 1 aromatic heterocycles. The fraction of sp³-hybridized carbons (Fsp3) is 0.333. The molecule has 150 valence electrons. The molecule has 1 saturated heterocycles. The van der Waals surface area contributed by atoms with Gasteiger partial charge in [-0.2, -0.15) is 0 Å². The number of fused-ring (bicyclic) bond motifs is 1. The van der Waals surface area contributed by atoms with E-state index in [0.29, 0.717) is 0 Å². The molecular formula is C24H27N3O2. The molecular weight excluding hydrogens is 362 g/mol. The van der Waals surface area contributed by atoms with Crippen LogP contribution in [0, 0.1) is 6.92 Å². The van der Waals surface area contributed by atoms with Gasteiger partial charge in [0.2, 0.25) is 0 Å². The van der Waals surface area contributed by atoms with Crippen LogP contribution in [-0.2, 0) is 0 Å². The van der Waals surface area contributed by atoms with Gasteiger partial charge >= 0.3 is 0 Å². The molecule has 4 rings (SSSR count). The van der Waals surface area contributed by atoms with Crippen LogP contribution < -0.4 is 4.90 Å². The quantitative estimate of drug-likeness (QED) is 0.668. The van der Waals surface area contributed by atoms with Crippen molar-refractivity contribution in [2.24, 2.45) is 0 Å². The Kier molecular flexibility index (Phi) is 5.24. The first-order valence-electron chi connectivity index (χ1n) is 10.2. The molecule has 0 unspecified atom stereocenters. The zero-order valence-corrected chi connectivity index (χ0v) is 17.2. The number of carbonyl (C=O) groups excluding carboxylic acids is 2. The lowest BCUT2D eigenvalue weighted by atomic mass is 10.0. The number of hydrogen-bond donors (Lipinski definition) is 1. The van der Waals surface area contributed by atoms with Crippen molar-refractivity contribution in [1.82, 2.24) is 9.88 Å². The first-order valence-corrected chi connectivity index (χ1v) is 10.2. The standard InChI is InChI=1S/C24H27N3O2/c1-16-23(21-6-4-5-7-22(21)25-16)24(29)17(2)26-12-14-27(15-13-26)20-10-8-19(9-11-20)18(3)28/h4-11,17,25H,12-15H2,1-3H3/t17-/m1/s1. The van der Waals surface area contributed by atoms with E-state index < -0.39 is 0 Å². The number of rotatable bonds is 5. The average Bonchev–Trinajstić information content (AvgIpc) is 3.08. The Morgan fingerprint density at radius 3 is 2.28 bits per heavy atom. The van der Waals surface area contributed by atoms with Crippen LogP contribution >= 0.6 is 0 Å². The molecule has 0 bridgehead atoms. The maximum atomic E-state index is 13.3. The minimum atomic E-state index is -0.157. The summed E-state index contributed by atoms with van der Waals surface area (Å²) in [5.41, 5.74) is 4.63. The molecule has 1 atom stereocenters. The van der Waals surface area contributed by atoms with Crippen LogP contribution in [0.15, 0.2) is 48.5 Å². The summed E-state index contributed by atoms with van der Waals surface area (Å²) in [6, 6.07) is 15.6. The first-order chi connectivity index (χ1) is 14.0. The molecule has 5 nitrogen and oxygen atoms in total. The normalized spacial score (nSPS) is 16.2. The van der Waals surface area contributed by atoms with Gasteiger partial charge in [0.15, 0.2) is 11.6 Å². The molecule has 0 amide bonds. The van der Waals surface area contributed by atoms with Gasteiger partial charge in [-0.15, -0.1) is 0 Å². The SMILES string of the molecule is CC(=O)c1ccc(N2CCN([C@H](C)C(=O)c3c(C)[nH]c4ccccc34)CC2)cc1. The predicted octanol–water partition coefficient (Wildman–Crippen LogP) is 4.07. The van der Waals surface area contributed by atoms with E-state index in [4.69, 9.17) is 0 Å². The van der Waals surface area contributed by atoms with Crippen LogP contribution in [0.25, 0.3) is 10.9 Å². The number of nitrogens with zero attached hydrogens (tertiary/aromatic N) is 2. The van der Waals surface area contributed by atoms with Crippen molar-refractivity contribution in [3.05, 3.63) is 65.4 Å². The molecule has 0 radical (unpaired) electrons. The van der Waals surface area contributed by atoms with Crippen LogP contribution in [0.4, 0.5) is 5.69 Å². The van der Waals surface area contributed by atoms with Crippen LogP contribution in [-0.4, -0.2) is 53.7 Å². The van der Waals surface area contributed by atoms with Crippen molar-refractivity contribution >= 4 is 28.2 Å². The fourth-order valence-corrected chi connectivity index (χ4v) is 4.24. The maximum Gasteiger partial charge on any atom is 0.182 e. The zero-order valence-electron chi connectivity index (χ0n) is 17.2. The van der Waals surface area contributed by atoms with Crippen molar-refractivity contribution in [1.29, 1.82) is 0 Å². The number of para-hydroxylation sites is 1. The zero-order chi connectivity index (χ0) is 20.5. The Bertz CT molecular complexity index is 1040. The summed E-state index contributed by atoms with van der Waals surface area (Å²) < 4.78 is 0. The summed E-state index contributed by atoms with van der Waals surface area (Å²) in [6.45, 7) is 8.98. The van der Waals surface area contributed by atoms with Crippen molar-refractivity contribution in [3.63, 3.8) is 0 Å². The molecule has 2 aromatic carbocycles. The van der Waals surface area contributed by atoms with E-state index in [1.54, 1.807) is 6.92 Å². The van der Waals surface area contributed by atoms with Gasteiger partial charge in [0, 0.05) is 59.6 Å². The lowest BCUT2D eigenvalue weighted by Crippen LogP contribution is -2.51. The number of hydrogen-bond acceptors (Lipinski definition) is 4. The molecule has 0 saturated carbocycles. The average molecular weight is 389 g/mol. The molecule has 29 heavy (non-hydrogen) atoms. The number of aromatic amines is 1. The molecule has 1 aliphatic rings. The summed E-state index contributed by atoms with van der Waals surface area (Å²) in [7, 11) is 0. The largest absolute Gasteiger partial charge is 0.369 e. The third-order valence-electron chi connectivity index (χ3n) is 6.02. The van der Waals surface area contributed by atoms with Gasteiger partial charge in [-0.25, -0.2) is 0 Å². The summed E-state index contributed by atoms with van der Waals surface area (Å²) in [4.78, 5) is 32.7. The number of benzene rings is 2. The molecule has 5 heteroatoms. The lowest BCUT2D eigenvalue weighted by Gasteiger charge is -2.38. The van der Waals surface area contributed by atoms with Gasteiger partial charge in [0.25, 0.3) is 0 Å². The second-order valence-corrected chi connectivity index (χ2v) is 7.84. The highest BCUT2D eigenvalue weighted by molar-refractivity contribution is 6.11. The maximum absolute atomic E-state index is 13.3. The highest BCUT2D eigenvalue weighted by atomic mass is 16.1. The minimum Gasteiger partial charge on any atom is -0.369 e. The van der Waals surface area contributed by atoms with E-state index in [1.165, 1.54) is 0 Å². The number of H-pyrrole nitrogens is 1. The first kappa shape index (κ1) is 19.4. The number of aryl methyl sites for hydroxylation is 1. The summed E-state index contributed by atoms with van der Waals surface area (Å²) in [6.07, 6.45) is 0. The molecule has 0 spiro atoms. The third kappa shape index (κ3) is 3.70. The summed E-state index contributed by atoms with van der Waals surface area (Å²) in [5.74, 6) is 0.264. The van der Waals surface area contributed by atoms with E-state index in [1.807, 2.05) is 62.4 Å². The number of aromatic nitrogens is 1. The van der Waals surface area contributed by atoms with E-state index >= 15 is 0 Å². The Labute approximate surface area is 171 Å². The van der Waals surface area contributed by atoms with Gasteiger partial charge in [0.05, 0.1) is 6.04 Å². The highest BCUT2D eigenvalue weighted by Crippen LogP contribution is 2.25. The number of piperazine rings is 1. The second-order valence-electron chi connectivity index (χ2n) is 7.84. The van der Waals surface area contributed by atoms with Crippen molar-refractivity contribution in [2.75, 3.05) is 31.1 Å². The minimum absolute atomic E-state index is 0.0845. The van der Waals surface area contributed by atoms with Crippen molar-refractivity contribution < 1.29 is 9.59 Å². The Morgan fingerprint density at radius 2 is 1.62 bits per heavy atom. The van der Waals surface area contributed by atoms with Gasteiger partial charge < -0.3 is 9.88 Å². The molecule has 0 aliphatic carbocycles. The predicted molar refractivity (Wildman–Crippen MR) is 117 cm³/mol. The van der Waals surface area contributed by atoms with Crippen LogP contribution in [0.5, 0.6) is 0 Å². The number of anilines is 1. The van der Waals surface area contributed by atoms with Crippen LogP contribution in [0.1, 0.15) is 40.3 Å². The third-order valence-corrected chi connectivity index (χ3v) is 6.02. The van der Waals surface area contributed by atoms with E-state index in [2.05, 4.69) is 14.8 Å². The van der Waals surface area contributed by atoms with Gasteiger partial charge in [-0.1, -0.05) is 18.2 Å². The highest BCUT2D eigenvalue weighted by Gasteiger charge is 2.28. The Morgan fingerprint density at radius 1 is 0.966 bits per heavy atom. The summed E-state index contributed by atoms with van der Waals surface area (Å²) in [5, 5.41) is 1.01. The lowest BCUT2D eigenvalue weighted by molar-refractivity contribution is 0.0831. The smallest absolute Gasteiger partial charge is 0.182 e. The number of ketones is 2. The molecule has 3 aromatic rings. The monoisotopic (exact) mass is 389 g/mol. The number of Topliss-reactive ketones (excluding diaryl/α,β-unsaturated/α-hetero) is 2. The van der Waals surface area contributed by atoms with E-state index in [9.17, 15) is 9.59 Å². The van der Waals surface area contributed by atoms with Crippen molar-refractivity contribution in [2.45, 2.75) is 26.8 Å². The van der Waals surface area contributed by atoms with E-state index in [0.717, 1.165) is 59.6 Å². The molecule has 1 N–H and O–H groups in total. The van der Waals surface area contributed by atoms with Gasteiger partial charge in [-0.05, 0) is 51.1 Å². The number of nitrogens with one attached hydrogen (secondary N) is 1. The Balaban J connectivity index is 1.44. The van der Waals surface area contributed by atoms with Gasteiger partial charge in [-0.3, -0.25) is 14.5 Å². The fourth-order valence-electron chi connectivity index (χ4n) is 4.24. The van der Waals surface area contributed by atoms with Crippen LogP contribution in [0.3, 0.4) is 0 Å². The van der Waals surface area contributed by atoms with Crippen LogP contribution in [0.2, 0.25) is 0 Å².